The Morgan fingerprint density at radius 3 is 2.33 bits per heavy atom. The van der Waals surface area contributed by atoms with E-state index >= 15 is 0 Å². The number of esters is 1. The lowest BCUT2D eigenvalue weighted by Gasteiger charge is -2.27. The molecule has 0 radical (unpaired) electrons. The van der Waals surface area contributed by atoms with Crippen LogP contribution in [-0.2, 0) is 39.8 Å². The number of benzene rings is 1. The zero-order chi connectivity index (χ0) is 31.0. The molecule has 2 saturated heterocycles. The maximum Gasteiger partial charge on any atom is 0.414 e. The third-order valence-electron chi connectivity index (χ3n) is 5.92. The lowest BCUT2D eigenvalue weighted by molar-refractivity contribution is -0.159. The molecular weight excluding hydrogens is 558 g/mol. The normalized spacial score (nSPS) is 18.3. The van der Waals surface area contributed by atoms with Gasteiger partial charge in [-0.15, -0.1) is 0 Å². The minimum absolute atomic E-state index is 0.0952. The van der Waals surface area contributed by atoms with E-state index in [0.717, 1.165) is 5.56 Å². The molecule has 0 saturated carbocycles. The van der Waals surface area contributed by atoms with E-state index in [1.54, 1.807) is 4.90 Å². The molecule has 2 amide bonds. The summed E-state index contributed by atoms with van der Waals surface area (Å²) < 4.78 is 27.2. The number of aliphatic hydroxyl groups is 1. The van der Waals surface area contributed by atoms with Crippen molar-refractivity contribution < 1.29 is 58.2 Å². The fraction of sp³-hybridized carbons (Fsp3) is 0.630. The number of aliphatic carboxylic acids is 2. The standard InChI is InChI=1S/C25H39N3O8.C2H2O4/c1-25(2)35-18-22(36-25)17-34-23(30)8-5-19-3-6-21(7-4-19)33-16-20(29)15-26-9-10-27-24(31)28-11-13-32-14-12-28;3-1(4)2(5)6/h3-4,6-7,20,22,26,29H,5,8-18H2,1-2H3,(H,27,31);(H,3,4)(H,5,6)/t20?,22-;/m1./s1. The van der Waals surface area contributed by atoms with Crippen LogP contribution < -0.4 is 15.4 Å². The summed E-state index contributed by atoms with van der Waals surface area (Å²) in [5.41, 5.74) is 0.988. The van der Waals surface area contributed by atoms with Crippen molar-refractivity contribution in [2.24, 2.45) is 0 Å². The largest absolute Gasteiger partial charge is 0.491 e. The van der Waals surface area contributed by atoms with Gasteiger partial charge < -0.3 is 54.5 Å². The summed E-state index contributed by atoms with van der Waals surface area (Å²) in [5, 5.41) is 30.8. The first-order chi connectivity index (χ1) is 19.9. The minimum Gasteiger partial charge on any atom is -0.491 e. The van der Waals surface area contributed by atoms with Gasteiger partial charge in [0.1, 0.15) is 31.2 Å². The Labute approximate surface area is 244 Å². The number of ether oxygens (including phenoxy) is 5. The molecule has 2 heterocycles. The number of carbonyl (C=O) groups excluding carboxylic acids is 2. The number of carbonyl (C=O) groups is 4. The number of hydrogen-bond acceptors (Lipinski definition) is 11. The fourth-order valence-electron chi connectivity index (χ4n) is 3.76. The molecule has 0 aromatic heterocycles. The SMILES string of the molecule is CC1(C)OC[C@@H](COC(=O)CCc2ccc(OCC(O)CNCCNC(=O)N3CCOCC3)cc2)O1.O=C(O)C(=O)O. The third-order valence-corrected chi connectivity index (χ3v) is 5.92. The highest BCUT2D eigenvalue weighted by molar-refractivity contribution is 6.27. The molecule has 236 valence electrons. The van der Waals surface area contributed by atoms with Crippen molar-refractivity contribution in [2.75, 3.05) is 65.8 Å². The van der Waals surface area contributed by atoms with Gasteiger partial charge in [-0.05, 0) is 38.0 Å². The van der Waals surface area contributed by atoms with Gasteiger partial charge in [0, 0.05) is 39.1 Å². The van der Waals surface area contributed by atoms with Crippen molar-refractivity contribution in [2.45, 2.75) is 44.7 Å². The first-order valence-electron chi connectivity index (χ1n) is 13.6. The quantitative estimate of drug-likeness (QED) is 0.114. The highest BCUT2D eigenvalue weighted by Gasteiger charge is 2.33. The maximum atomic E-state index is 12.0. The van der Waals surface area contributed by atoms with Gasteiger partial charge >= 0.3 is 23.9 Å². The molecule has 2 atom stereocenters. The van der Waals surface area contributed by atoms with Gasteiger partial charge in [0.05, 0.1) is 19.8 Å². The van der Waals surface area contributed by atoms with Gasteiger partial charge in [-0.3, -0.25) is 4.79 Å². The van der Waals surface area contributed by atoms with Crippen molar-refractivity contribution in [3.8, 4) is 5.75 Å². The van der Waals surface area contributed by atoms with E-state index in [4.69, 9.17) is 43.5 Å². The molecule has 15 nitrogen and oxygen atoms in total. The van der Waals surface area contributed by atoms with E-state index in [1.807, 2.05) is 38.1 Å². The second-order valence-electron chi connectivity index (χ2n) is 9.89. The molecule has 3 rings (SSSR count). The van der Waals surface area contributed by atoms with E-state index in [2.05, 4.69) is 10.6 Å². The van der Waals surface area contributed by atoms with Crippen molar-refractivity contribution in [3.05, 3.63) is 29.8 Å². The van der Waals surface area contributed by atoms with Crippen molar-refractivity contribution >= 4 is 23.9 Å². The Kier molecular flexibility index (Phi) is 15.0. The van der Waals surface area contributed by atoms with Gasteiger partial charge in [-0.2, -0.15) is 0 Å². The van der Waals surface area contributed by atoms with Crippen LogP contribution >= 0.6 is 0 Å². The maximum absolute atomic E-state index is 12.0. The number of carboxylic acids is 2. The van der Waals surface area contributed by atoms with E-state index in [0.29, 0.717) is 64.7 Å². The molecule has 0 spiro atoms. The van der Waals surface area contributed by atoms with Crippen LogP contribution in [0.3, 0.4) is 0 Å². The molecule has 0 aliphatic carbocycles. The Hall–Kier alpha value is -3.50. The lowest BCUT2D eigenvalue weighted by Crippen LogP contribution is -2.47. The highest BCUT2D eigenvalue weighted by Crippen LogP contribution is 2.22. The van der Waals surface area contributed by atoms with Crippen LogP contribution in [0.5, 0.6) is 5.75 Å². The van der Waals surface area contributed by atoms with Crippen LogP contribution in [0.1, 0.15) is 25.8 Å². The van der Waals surface area contributed by atoms with Gasteiger partial charge in [0.15, 0.2) is 5.79 Å². The number of urea groups is 1. The van der Waals surface area contributed by atoms with Crippen molar-refractivity contribution in [1.82, 2.24) is 15.5 Å². The molecule has 15 heteroatoms. The number of rotatable bonds is 13. The van der Waals surface area contributed by atoms with E-state index < -0.39 is 23.8 Å². The number of aliphatic hydroxyl groups excluding tert-OH is 1. The summed E-state index contributed by atoms with van der Waals surface area (Å²) in [6.07, 6.45) is -0.0863. The number of carboxylic acid groups (broad SMARTS) is 2. The second-order valence-corrected chi connectivity index (χ2v) is 9.89. The van der Waals surface area contributed by atoms with Crippen LogP contribution in [0, 0.1) is 0 Å². The summed E-state index contributed by atoms with van der Waals surface area (Å²) in [4.78, 5) is 43.9. The Morgan fingerprint density at radius 2 is 1.74 bits per heavy atom. The average Bonchev–Trinajstić information content (AvgIpc) is 3.33. The molecule has 2 aliphatic rings. The average molecular weight is 600 g/mol. The molecule has 2 fully saturated rings. The third kappa shape index (κ3) is 14.4. The first kappa shape index (κ1) is 34.7. The number of amides is 2. The minimum atomic E-state index is -1.82. The summed E-state index contributed by atoms with van der Waals surface area (Å²) in [6, 6.07) is 7.31. The van der Waals surface area contributed by atoms with Crippen LogP contribution in [0.25, 0.3) is 0 Å². The number of hydrogen-bond donors (Lipinski definition) is 5. The predicted molar refractivity (Wildman–Crippen MR) is 146 cm³/mol. The summed E-state index contributed by atoms with van der Waals surface area (Å²) in [7, 11) is 0. The van der Waals surface area contributed by atoms with Crippen LogP contribution in [0.15, 0.2) is 24.3 Å². The molecule has 1 aromatic carbocycles. The Balaban J connectivity index is 0.000000928. The lowest BCUT2D eigenvalue weighted by atomic mass is 10.1. The first-order valence-corrected chi connectivity index (χ1v) is 13.6. The van der Waals surface area contributed by atoms with Gasteiger partial charge in [-0.25, -0.2) is 14.4 Å². The van der Waals surface area contributed by atoms with Gasteiger partial charge in [0.25, 0.3) is 0 Å². The second kappa shape index (κ2) is 18.1. The molecule has 5 N–H and O–H groups in total. The Morgan fingerprint density at radius 1 is 1.07 bits per heavy atom. The molecular formula is C27H41N3O12. The fourth-order valence-corrected chi connectivity index (χ4v) is 3.76. The molecule has 0 bridgehead atoms. The Bertz CT molecular complexity index is 987. The number of morpholine rings is 1. The summed E-state index contributed by atoms with van der Waals surface area (Å²) in [6.45, 7) is 8.13. The van der Waals surface area contributed by atoms with Gasteiger partial charge in [0.2, 0.25) is 0 Å². The molecule has 1 unspecified atom stereocenters. The molecule has 42 heavy (non-hydrogen) atoms. The van der Waals surface area contributed by atoms with Crippen molar-refractivity contribution in [1.29, 1.82) is 0 Å². The zero-order valence-electron chi connectivity index (χ0n) is 23.9. The van der Waals surface area contributed by atoms with E-state index in [-0.39, 0.29) is 37.7 Å². The van der Waals surface area contributed by atoms with Gasteiger partial charge in [-0.1, -0.05) is 12.1 Å². The van der Waals surface area contributed by atoms with Crippen LogP contribution in [-0.4, -0.2) is 128 Å². The van der Waals surface area contributed by atoms with Crippen LogP contribution in [0.4, 0.5) is 4.79 Å². The zero-order valence-corrected chi connectivity index (χ0v) is 23.9. The van der Waals surface area contributed by atoms with Crippen LogP contribution in [0.2, 0.25) is 0 Å². The summed E-state index contributed by atoms with van der Waals surface area (Å²) in [5.74, 6) is -3.92. The summed E-state index contributed by atoms with van der Waals surface area (Å²) >= 11 is 0. The van der Waals surface area contributed by atoms with E-state index in [1.165, 1.54) is 0 Å². The topological polar surface area (TPSA) is 202 Å². The molecule has 2 aliphatic heterocycles. The van der Waals surface area contributed by atoms with E-state index in [9.17, 15) is 14.7 Å². The number of nitrogens with zero attached hydrogens (tertiary/aromatic N) is 1. The smallest absolute Gasteiger partial charge is 0.414 e. The monoisotopic (exact) mass is 599 g/mol. The van der Waals surface area contributed by atoms with Crippen molar-refractivity contribution in [3.63, 3.8) is 0 Å². The highest BCUT2D eigenvalue weighted by atomic mass is 16.7. The number of aryl methyl sites for hydroxylation is 1. The predicted octanol–water partition coefficient (Wildman–Crippen LogP) is -0.159. The number of nitrogens with one attached hydrogen (secondary N) is 2. The molecule has 1 aromatic rings.